The van der Waals surface area contributed by atoms with Crippen molar-refractivity contribution in [3.05, 3.63) is 42.1 Å². The number of benzene rings is 1. The molecule has 5 rings (SSSR count). The highest BCUT2D eigenvalue weighted by molar-refractivity contribution is 7.88. The van der Waals surface area contributed by atoms with Gasteiger partial charge in [0.25, 0.3) is 12.3 Å². The number of likely N-dealkylation sites (tertiary alicyclic amines) is 1. The van der Waals surface area contributed by atoms with Gasteiger partial charge in [0.05, 0.1) is 31.0 Å². The molecule has 2 amide bonds. The first-order valence-electron chi connectivity index (χ1n) is 15.7. The van der Waals surface area contributed by atoms with E-state index in [9.17, 15) is 31.2 Å². The summed E-state index contributed by atoms with van der Waals surface area (Å²) >= 11 is 0. The van der Waals surface area contributed by atoms with E-state index in [4.69, 9.17) is 14.6 Å². The topological polar surface area (TPSA) is 167 Å². The summed E-state index contributed by atoms with van der Waals surface area (Å²) in [5, 5.41) is 8.66. The summed E-state index contributed by atoms with van der Waals surface area (Å²) in [4.78, 5) is 37.8. The Morgan fingerprint density at radius 3 is 2.54 bits per heavy atom. The average molecular weight is 700 g/mol. The van der Waals surface area contributed by atoms with Crippen LogP contribution in [-0.4, -0.2) is 116 Å². The zero-order chi connectivity index (χ0) is 34.6. The van der Waals surface area contributed by atoms with Crippen LogP contribution in [-0.2, 0) is 14.9 Å². The van der Waals surface area contributed by atoms with Gasteiger partial charge in [-0.15, -0.1) is 0 Å². The second kappa shape index (κ2) is 14.8. The van der Waals surface area contributed by atoms with E-state index in [0.717, 1.165) is 43.0 Å². The summed E-state index contributed by atoms with van der Waals surface area (Å²) in [6.45, 7) is 6.40. The number of ether oxygens (including phenoxy) is 2. The number of carboxylic acid groups (broad SMARTS) is 1. The Kier molecular flexibility index (Phi) is 11.0. The van der Waals surface area contributed by atoms with Crippen molar-refractivity contribution in [3.8, 4) is 11.5 Å². The fourth-order valence-electron chi connectivity index (χ4n) is 6.46. The lowest BCUT2D eigenvalue weighted by molar-refractivity contribution is -0.0299. The lowest BCUT2D eigenvalue weighted by Crippen LogP contribution is -2.61. The molecule has 3 fully saturated rings. The Bertz CT molecular complexity index is 1560. The third kappa shape index (κ3) is 8.83. The number of rotatable bonds is 12. The molecule has 0 bridgehead atoms. The van der Waals surface area contributed by atoms with Gasteiger partial charge in [0, 0.05) is 37.1 Å². The molecule has 3 aliphatic heterocycles. The van der Waals surface area contributed by atoms with Crippen molar-refractivity contribution in [2.75, 3.05) is 50.8 Å². The van der Waals surface area contributed by atoms with Crippen molar-refractivity contribution in [3.63, 3.8) is 0 Å². The number of halogens is 3. The van der Waals surface area contributed by atoms with Crippen LogP contribution in [0.15, 0.2) is 30.7 Å². The van der Waals surface area contributed by atoms with Crippen LogP contribution in [0.5, 0.6) is 11.5 Å². The smallest absolute Gasteiger partial charge is 0.419 e. The Hall–Kier alpha value is -3.74. The molecule has 3 N–H and O–H groups in total. The summed E-state index contributed by atoms with van der Waals surface area (Å²) in [5.41, 5.74) is -0.114. The number of anilines is 1. The maximum atomic E-state index is 14.3. The van der Waals surface area contributed by atoms with Crippen LogP contribution < -0.4 is 19.1 Å². The molecule has 0 saturated carbocycles. The second-order valence-corrected chi connectivity index (χ2v) is 14.3. The van der Waals surface area contributed by atoms with Gasteiger partial charge in [0.1, 0.15) is 17.9 Å². The van der Waals surface area contributed by atoms with Gasteiger partial charge >= 0.3 is 16.3 Å². The lowest BCUT2D eigenvalue weighted by atomic mass is 9.72. The number of nitrogens with zero attached hydrogens (tertiary/aromatic N) is 5. The van der Waals surface area contributed by atoms with E-state index in [1.165, 1.54) is 23.3 Å². The van der Waals surface area contributed by atoms with E-state index in [1.807, 2.05) is 0 Å². The van der Waals surface area contributed by atoms with Gasteiger partial charge in [-0.1, -0.05) is 0 Å². The summed E-state index contributed by atoms with van der Waals surface area (Å²) < 4.78 is 80.1. The van der Waals surface area contributed by atoms with E-state index in [1.54, 1.807) is 13.8 Å². The third-order valence-electron chi connectivity index (χ3n) is 8.91. The van der Waals surface area contributed by atoms with Crippen molar-refractivity contribution in [1.29, 1.82) is 0 Å². The van der Waals surface area contributed by atoms with Gasteiger partial charge in [-0.05, 0) is 70.8 Å². The summed E-state index contributed by atoms with van der Waals surface area (Å²) in [7, 11) is -4.16. The third-order valence-corrected chi connectivity index (χ3v) is 10.0. The maximum absolute atomic E-state index is 14.3. The van der Waals surface area contributed by atoms with Crippen LogP contribution in [0.25, 0.3) is 0 Å². The molecule has 0 aliphatic carbocycles. The molecule has 264 valence electrons. The molecule has 48 heavy (non-hydrogen) atoms. The normalized spacial score (nSPS) is 21.3. The number of hydrogen-bond acceptors (Lipinski definition) is 10. The summed E-state index contributed by atoms with van der Waals surface area (Å²) in [6, 6.07) is 2.34. The SMILES string of the molecule is CC(C)N(CC(F)F)C(=O)c1cc(F)ccc1Oc1cncnc1N1CC2(CCN(C[C@@H]3CC[C@@H](NS(=O)(=O)NC(=O)O)CO3)CC2)C1. The Balaban J connectivity index is 1.15. The molecule has 1 aromatic carbocycles. The molecule has 3 saturated heterocycles. The molecule has 0 radical (unpaired) electrons. The second-order valence-electron chi connectivity index (χ2n) is 12.8. The van der Waals surface area contributed by atoms with E-state index in [0.29, 0.717) is 38.3 Å². The summed E-state index contributed by atoms with van der Waals surface area (Å²) in [5.74, 6) is -0.711. The van der Waals surface area contributed by atoms with Gasteiger partial charge in [-0.2, -0.15) is 13.1 Å². The minimum atomic E-state index is -4.16. The van der Waals surface area contributed by atoms with E-state index in [-0.39, 0.29) is 35.2 Å². The monoisotopic (exact) mass is 699 g/mol. The molecule has 14 nitrogen and oxygen atoms in total. The number of amides is 2. The van der Waals surface area contributed by atoms with Crippen LogP contribution >= 0.6 is 0 Å². The van der Waals surface area contributed by atoms with Crippen molar-refractivity contribution in [2.24, 2.45) is 5.41 Å². The number of carbonyl (C=O) groups excluding carboxylic acids is 1. The Labute approximate surface area is 276 Å². The molecule has 18 heteroatoms. The fourth-order valence-corrected chi connectivity index (χ4v) is 7.38. The van der Waals surface area contributed by atoms with Crippen LogP contribution in [0, 0.1) is 11.2 Å². The maximum Gasteiger partial charge on any atom is 0.419 e. The van der Waals surface area contributed by atoms with Crippen molar-refractivity contribution in [2.45, 2.75) is 64.1 Å². The number of nitrogens with one attached hydrogen (secondary N) is 2. The van der Waals surface area contributed by atoms with E-state index in [2.05, 4.69) is 24.5 Å². The van der Waals surface area contributed by atoms with E-state index < -0.39 is 53.1 Å². The zero-order valence-electron chi connectivity index (χ0n) is 26.6. The summed E-state index contributed by atoms with van der Waals surface area (Å²) in [6.07, 6.45) is 1.40. The van der Waals surface area contributed by atoms with Crippen LogP contribution in [0.4, 0.5) is 23.8 Å². The van der Waals surface area contributed by atoms with Gasteiger partial charge in [0.2, 0.25) is 0 Å². The van der Waals surface area contributed by atoms with Gasteiger partial charge in [-0.25, -0.2) is 32.7 Å². The zero-order valence-corrected chi connectivity index (χ0v) is 27.5. The van der Waals surface area contributed by atoms with Crippen molar-refractivity contribution < 1.29 is 45.8 Å². The standard InChI is InChI=1S/C30H40F3N7O7S/c1-19(2)40(14-26(32)33)28(41)23-11-20(31)3-6-24(23)47-25-12-34-18-35-27(25)39-16-30(17-39)7-9-38(10-8-30)13-22-5-4-21(15-46-22)36-48(44,45)37-29(42)43/h3,6,11-12,18-19,21-22,26,36-37H,4-5,7-10,13-17H2,1-2H3,(H,42,43)/t21-,22+/m1/s1. The highest BCUT2D eigenvalue weighted by Gasteiger charge is 2.46. The van der Waals surface area contributed by atoms with Crippen LogP contribution in [0.3, 0.4) is 0 Å². The first-order valence-corrected chi connectivity index (χ1v) is 17.2. The molecule has 2 aromatic rings. The molecular weight excluding hydrogens is 659 g/mol. The first kappa shape index (κ1) is 35.6. The first-order chi connectivity index (χ1) is 22.7. The molecular formula is C30H40F3N7O7S. The quantitative estimate of drug-likeness (QED) is 0.298. The van der Waals surface area contributed by atoms with Crippen molar-refractivity contribution >= 4 is 28.0 Å². The highest BCUT2D eigenvalue weighted by Crippen LogP contribution is 2.45. The predicted octanol–water partition coefficient (Wildman–Crippen LogP) is 3.08. The molecule has 0 unspecified atom stereocenters. The molecule has 1 spiro atoms. The minimum absolute atomic E-state index is 0.00602. The van der Waals surface area contributed by atoms with Crippen molar-refractivity contribution in [1.82, 2.24) is 29.2 Å². The van der Waals surface area contributed by atoms with Crippen LogP contribution in [0.1, 0.15) is 49.9 Å². The molecule has 1 aromatic heterocycles. The molecule has 3 aliphatic rings. The molecule has 4 heterocycles. The Morgan fingerprint density at radius 2 is 1.92 bits per heavy atom. The number of piperidine rings is 1. The average Bonchev–Trinajstić information content (AvgIpc) is 3.00. The highest BCUT2D eigenvalue weighted by atomic mass is 32.2. The fraction of sp³-hybridized carbons (Fsp3) is 0.600. The minimum Gasteiger partial charge on any atom is -0.464 e. The number of aromatic nitrogens is 2. The predicted molar refractivity (Wildman–Crippen MR) is 167 cm³/mol. The lowest BCUT2D eigenvalue weighted by Gasteiger charge is -2.54. The number of carbonyl (C=O) groups is 2. The van der Waals surface area contributed by atoms with E-state index >= 15 is 0 Å². The number of alkyl halides is 2. The number of hydrogen-bond donors (Lipinski definition) is 3. The largest absolute Gasteiger partial charge is 0.464 e. The molecule has 2 atom stereocenters. The Morgan fingerprint density at radius 1 is 1.19 bits per heavy atom. The van der Waals surface area contributed by atoms with Crippen LogP contribution in [0.2, 0.25) is 0 Å². The van der Waals surface area contributed by atoms with Gasteiger partial charge in [-0.3, -0.25) is 4.79 Å². The van der Waals surface area contributed by atoms with Gasteiger partial charge < -0.3 is 29.3 Å². The van der Waals surface area contributed by atoms with Gasteiger partial charge in [0.15, 0.2) is 11.6 Å².